The Morgan fingerprint density at radius 1 is 1.13 bits per heavy atom. The zero-order chi connectivity index (χ0) is 21.6. The standard InChI is InChI=1S/C23H31N5O3/c1-17-3-5-18(6-4-17)20-15-25-21(31-20)16-26-23(24-2)28-9-7-19(8-10-28)22(29)27-11-13-30-14-12-27/h3-6,15,19H,7-14,16H2,1-2H3,(H,24,26). The molecular weight excluding hydrogens is 394 g/mol. The molecule has 3 heterocycles. The van der Waals surface area contributed by atoms with Gasteiger partial charge in [0.25, 0.3) is 0 Å². The fourth-order valence-corrected chi connectivity index (χ4v) is 4.11. The lowest BCUT2D eigenvalue weighted by atomic mass is 9.95. The van der Waals surface area contributed by atoms with Crippen LogP contribution in [0.2, 0.25) is 0 Å². The van der Waals surface area contributed by atoms with Crippen molar-refractivity contribution < 1.29 is 13.9 Å². The Balaban J connectivity index is 1.27. The summed E-state index contributed by atoms with van der Waals surface area (Å²) in [6.07, 6.45) is 3.44. The number of hydrogen-bond donors (Lipinski definition) is 1. The zero-order valence-corrected chi connectivity index (χ0v) is 18.3. The van der Waals surface area contributed by atoms with Gasteiger partial charge in [0, 0.05) is 44.7 Å². The quantitative estimate of drug-likeness (QED) is 0.598. The SMILES string of the molecule is CN=C(NCc1ncc(-c2ccc(C)cc2)o1)N1CCC(C(=O)N2CCOCC2)CC1. The van der Waals surface area contributed by atoms with Gasteiger partial charge in [0.2, 0.25) is 11.8 Å². The number of carbonyl (C=O) groups is 1. The molecule has 31 heavy (non-hydrogen) atoms. The van der Waals surface area contributed by atoms with Gasteiger partial charge in [-0.25, -0.2) is 4.98 Å². The van der Waals surface area contributed by atoms with Crippen LogP contribution in [0, 0.1) is 12.8 Å². The Bertz CT molecular complexity index is 894. The van der Waals surface area contributed by atoms with Crippen molar-refractivity contribution in [3.8, 4) is 11.3 Å². The van der Waals surface area contributed by atoms with Crippen molar-refractivity contribution in [2.45, 2.75) is 26.3 Å². The molecular formula is C23H31N5O3. The first-order valence-corrected chi connectivity index (χ1v) is 11.0. The van der Waals surface area contributed by atoms with Gasteiger partial charge in [-0.05, 0) is 19.8 Å². The van der Waals surface area contributed by atoms with Crippen LogP contribution in [0.5, 0.6) is 0 Å². The summed E-state index contributed by atoms with van der Waals surface area (Å²) in [5.74, 6) is 2.56. The third-order valence-corrected chi connectivity index (χ3v) is 5.97. The number of nitrogens with zero attached hydrogens (tertiary/aromatic N) is 4. The summed E-state index contributed by atoms with van der Waals surface area (Å²) in [6, 6.07) is 8.19. The summed E-state index contributed by atoms with van der Waals surface area (Å²) in [4.78, 5) is 25.7. The van der Waals surface area contributed by atoms with E-state index in [1.165, 1.54) is 5.56 Å². The largest absolute Gasteiger partial charge is 0.439 e. The molecule has 2 aromatic rings. The number of amides is 1. The summed E-state index contributed by atoms with van der Waals surface area (Å²) in [6.45, 7) is 6.85. The highest BCUT2D eigenvalue weighted by atomic mass is 16.5. The minimum absolute atomic E-state index is 0.0938. The van der Waals surface area contributed by atoms with E-state index in [0.717, 1.165) is 43.2 Å². The molecule has 1 N–H and O–H groups in total. The molecule has 166 valence electrons. The Morgan fingerprint density at radius 3 is 2.52 bits per heavy atom. The highest BCUT2D eigenvalue weighted by Gasteiger charge is 2.30. The van der Waals surface area contributed by atoms with Gasteiger partial charge in [0.1, 0.15) is 0 Å². The second kappa shape index (κ2) is 9.96. The number of ether oxygens (including phenoxy) is 1. The van der Waals surface area contributed by atoms with Gasteiger partial charge >= 0.3 is 0 Å². The number of hydrogen-bond acceptors (Lipinski definition) is 5. The van der Waals surface area contributed by atoms with Crippen molar-refractivity contribution in [3.05, 3.63) is 41.9 Å². The van der Waals surface area contributed by atoms with Gasteiger partial charge < -0.3 is 24.3 Å². The van der Waals surface area contributed by atoms with E-state index in [4.69, 9.17) is 9.15 Å². The average Bonchev–Trinajstić information content (AvgIpc) is 3.29. The summed E-state index contributed by atoms with van der Waals surface area (Å²) in [7, 11) is 1.78. The second-order valence-electron chi connectivity index (χ2n) is 8.08. The minimum atomic E-state index is 0.0938. The molecule has 2 fully saturated rings. The van der Waals surface area contributed by atoms with E-state index < -0.39 is 0 Å². The molecule has 2 aliphatic heterocycles. The number of morpholine rings is 1. The monoisotopic (exact) mass is 425 g/mol. The van der Waals surface area contributed by atoms with E-state index in [2.05, 4.69) is 39.2 Å². The van der Waals surface area contributed by atoms with Crippen LogP contribution in [-0.4, -0.2) is 73.1 Å². The number of carbonyl (C=O) groups excluding carboxylic acids is 1. The molecule has 4 rings (SSSR count). The zero-order valence-electron chi connectivity index (χ0n) is 18.3. The van der Waals surface area contributed by atoms with Crippen molar-refractivity contribution in [2.75, 3.05) is 46.4 Å². The summed E-state index contributed by atoms with van der Waals surface area (Å²) < 4.78 is 11.3. The normalized spacial score (nSPS) is 18.3. The molecule has 1 aromatic heterocycles. The number of rotatable bonds is 4. The van der Waals surface area contributed by atoms with E-state index in [0.29, 0.717) is 38.7 Å². The van der Waals surface area contributed by atoms with Crippen molar-refractivity contribution in [1.82, 2.24) is 20.1 Å². The number of likely N-dealkylation sites (tertiary alicyclic amines) is 1. The van der Waals surface area contributed by atoms with Crippen molar-refractivity contribution in [1.29, 1.82) is 0 Å². The summed E-state index contributed by atoms with van der Waals surface area (Å²) >= 11 is 0. The molecule has 0 radical (unpaired) electrons. The van der Waals surface area contributed by atoms with E-state index in [-0.39, 0.29) is 11.8 Å². The molecule has 2 saturated heterocycles. The van der Waals surface area contributed by atoms with Gasteiger partial charge in [0.15, 0.2) is 11.7 Å². The highest BCUT2D eigenvalue weighted by Crippen LogP contribution is 2.22. The third-order valence-electron chi connectivity index (χ3n) is 5.97. The fourth-order valence-electron chi connectivity index (χ4n) is 4.11. The molecule has 1 aromatic carbocycles. The molecule has 0 unspecified atom stereocenters. The van der Waals surface area contributed by atoms with Crippen LogP contribution in [0.25, 0.3) is 11.3 Å². The number of nitrogens with one attached hydrogen (secondary N) is 1. The Morgan fingerprint density at radius 2 is 1.84 bits per heavy atom. The Labute approximate surface area is 183 Å². The lowest BCUT2D eigenvalue weighted by Crippen LogP contribution is -2.49. The maximum absolute atomic E-state index is 12.7. The molecule has 8 heteroatoms. The smallest absolute Gasteiger partial charge is 0.225 e. The van der Waals surface area contributed by atoms with E-state index in [9.17, 15) is 4.79 Å². The minimum Gasteiger partial charge on any atom is -0.439 e. The molecule has 0 atom stereocenters. The van der Waals surface area contributed by atoms with Crippen LogP contribution < -0.4 is 5.32 Å². The molecule has 0 bridgehead atoms. The van der Waals surface area contributed by atoms with Crippen molar-refractivity contribution in [2.24, 2.45) is 10.9 Å². The number of piperidine rings is 1. The predicted molar refractivity (Wildman–Crippen MR) is 119 cm³/mol. The Hall–Kier alpha value is -2.87. The Kier molecular flexibility index (Phi) is 6.86. The van der Waals surface area contributed by atoms with Crippen LogP contribution >= 0.6 is 0 Å². The lowest BCUT2D eigenvalue weighted by Gasteiger charge is -2.36. The second-order valence-corrected chi connectivity index (χ2v) is 8.08. The molecule has 0 saturated carbocycles. The van der Waals surface area contributed by atoms with Crippen molar-refractivity contribution in [3.63, 3.8) is 0 Å². The number of oxazole rings is 1. The third kappa shape index (κ3) is 5.25. The van der Waals surface area contributed by atoms with E-state index >= 15 is 0 Å². The van der Waals surface area contributed by atoms with Crippen LogP contribution in [-0.2, 0) is 16.1 Å². The van der Waals surface area contributed by atoms with Crippen LogP contribution in [0.4, 0.5) is 0 Å². The predicted octanol–water partition coefficient (Wildman–Crippen LogP) is 2.30. The maximum Gasteiger partial charge on any atom is 0.225 e. The number of guanidine groups is 1. The lowest BCUT2D eigenvalue weighted by molar-refractivity contribution is -0.140. The average molecular weight is 426 g/mol. The van der Waals surface area contributed by atoms with Crippen LogP contribution in [0.3, 0.4) is 0 Å². The van der Waals surface area contributed by atoms with Gasteiger partial charge in [-0.15, -0.1) is 0 Å². The topological polar surface area (TPSA) is 83.2 Å². The summed E-state index contributed by atoms with van der Waals surface area (Å²) in [5.41, 5.74) is 2.23. The van der Waals surface area contributed by atoms with Gasteiger partial charge in [-0.1, -0.05) is 29.8 Å². The fraction of sp³-hybridized carbons (Fsp3) is 0.522. The van der Waals surface area contributed by atoms with E-state index in [1.54, 1.807) is 13.2 Å². The first kappa shape index (κ1) is 21.4. The number of aryl methyl sites for hydroxylation is 1. The van der Waals surface area contributed by atoms with Crippen molar-refractivity contribution >= 4 is 11.9 Å². The van der Waals surface area contributed by atoms with Crippen LogP contribution in [0.15, 0.2) is 39.9 Å². The maximum atomic E-state index is 12.7. The molecule has 8 nitrogen and oxygen atoms in total. The molecule has 0 aliphatic carbocycles. The van der Waals surface area contributed by atoms with E-state index in [1.807, 2.05) is 17.0 Å². The highest BCUT2D eigenvalue weighted by molar-refractivity contribution is 5.81. The molecule has 1 amide bonds. The van der Waals surface area contributed by atoms with Gasteiger partial charge in [0.05, 0.1) is 26.0 Å². The first-order chi connectivity index (χ1) is 15.1. The number of benzene rings is 1. The summed E-state index contributed by atoms with van der Waals surface area (Å²) in [5, 5.41) is 3.34. The first-order valence-electron chi connectivity index (χ1n) is 11.0. The number of aliphatic imine (C=N–C) groups is 1. The van der Waals surface area contributed by atoms with Crippen LogP contribution in [0.1, 0.15) is 24.3 Å². The number of aromatic nitrogens is 1. The molecule has 2 aliphatic rings. The van der Waals surface area contributed by atoms with Gasteiger partial charge in [-0.2, -0.15) is 0 Å². The van der Waals surface area contributed by atoms with Gasteiger partial charge in [-0.3, -0.25) is 9.79 Å². The molecule has 0 spiro atoms.